The fourth-order valence-corrected chi connectivity index (χ4v) is 2.81. The molecule has 2 N–H and O–H groups in total. The van der Waals surface area contributed by atoms with Crippen LogP contribution >= 0.6 is 11.6 Å². The summed E-state index contributed by atoms with van der Waals surface area (Å²) in [7, 11) is 2.19. The molecule has 0 aliphatic carbocycles. The van der Waals surface area contributed by atoms with Gasteiger partial charge in [0.1, 0.15) is 0 Å². The molecule has 1 fully saturated rings. The zero-order chi connectivity index (χ0) is 14.0. The van der Waals surface area contributed by atoms with E-state index in [1.165, 1.54) is 11.3 Å². The van der Waals surface area contributed by atoms with Crippen molar-refractivity contribution in [2.45, 2.75) is 25.8 Å². The molecule has 106 valence electrons. The van der Waals surface area contributed by atoms with Gasteiger partial charge in [-0.3, -0.25) is 4.90 Å². The third-order valence-corrected chi connectivity index (χ3v) is 4.35. The molecule has 1 saturated heterocycles. The molecule has 19 heavy (non-hydrogen) atoms. The van der Waals surface area contributed by atoms with E-state index < -0.39 is 0 Å². The number of anilines is 1. The molecule has 0 atom stereocenters. The second-order valence-electron chi connectivity index (χ2n) is 5.97. The number of nitrogens with two attached hydrogens (primary N) is 1. The van der Waals surface area contributed by atoms with Crippen molar-refractivity contribution in [1.82, 2.24) is 4.90 Å². The molecule has 3 nitrogen and oxygen atoms in total. The molecule has 1 aliphatic rings. The first-order valence-electron chi connectivity index (χ1n) is 6.89. The van der Waals surface area contributed by atoms with Gasteiger partial charge >= 0.3 is 0 Å². The Labute approximate surface area is 121 Å². The van der Waals surface area contributed by atoms with Crippen LogP contribution in [0.1, 0.15) is 19.4 Å². The smallest absolute Gasteiger partial charge is 0.0426 e. The quantitative estimate of drug-likeness (QED) is 0.923. The van der Waals surface area contributed by atoms with Gasteiger partial charge in [-0.05, 0) is 51.6 Å². The summed E-state index contributed by atoms with van der Waals surface area (Å²) in [5.41, 5.74) is 8.44. The van der Waals surface area contributed by atoms with Gasteiger partial charge in [0, 0.05) is 35.9 Å². The zero-order valence-corrected chi connectivity index (χ0v) is 12.9. The van der Waals surface area contributed by atoms with E-state index in [4.69, 9.17) is 17.3 Å². The van der Waals surface area contributed by atoms with Crippen LogP contribution in [0.3, 0.4) is 0 Å². The van der Waals surface area contributed by atoms with Crippen molar-refractivity contribution in [3.63, 3.8) is 0 Å². The van der Waals surface area contributed by atoms with Gasteiger partial charge in [-0.2, -0.15) is 0 Å². The lowest BCUT2D eigenvalue weighted by molar-refractivity contribution is 0.139. The second-order valence-corrected chi connectivity index (χ2v) is 6.40. The Morgan fingerprint density at radius 3 is 2.68 bits per heavy atom. The van der Waals surface area contributed by atoms with E-state index in [1.807, 2.05) is 6.07 Å². The highest BCUT2D eigenvalue weighted by Gasteiger charge is 2.31. The van der Waals surface area contributed by atoms with Gasteiger partial charge in [-0.1, -0.05) is 17.7 Å². The fourth-order valence-electron chi connectivity index (χ4n) is 2.64. The van der Waals surface area contributed by atoms with E-state index >= 15 is 0 Å². The minimum Gasteiger partial charge on any atom is -0.368 e. The molecule has 1 aliphatic heterocycles. The number of hydrogen-bond acceptors (Lipinski definition) is 3. The minimum absolute atomic E-state index is 0.181. The van der Waals surface area contributed by atoms with Crippen LogP contribution < -0.4 is 10.6 Å². The Hall–Kier alpha value is -0.770. The number of likely N-dealkylation sites (N-methyl/N-ethyl adjacent to an activating group) is 1. The summed E-state index contributed by atoms with van der Waals surface area (Å²) in [6.07, 6.45) is 0.902. The van der Waals surface area contributed by atoms with E-state index in [1.54, 1.807) is 0 Å². The monoisotopic (exact) mass is 281 g/mol. The van der Waals surface area contributed by atoms with Crippen molar-refractivity contribution >= 4 is 17.3 Å². The summed E-state index contributed by atoms with van der Waals surface area (Å²) in [5.74, 6) is 0. The highest BCUT2D eigenvalue weighted by atomic mass is 35.5. The van der Waals surface area contributed by atoms with Gasteiger partial charge in [0.15, 0.2) is 0 Å². The van der Waals surface area contributed by atoms with Gasteiger partial charge in [0.25, 0.3) is 0 Å². The Morgan fingerprint density at radius 2 is 2.05 bits per heavy atom. The maximum Gasteiger partial charge on any atom is 0.0426 e. The second kappa shape index (κ2) is 5.70. The van der Waals surface area contributed by atoms with E-state index in [9.17, 15) is 0 Å². The minimum atomic E-state index is 0.181. The molecule has 4 heteroatoms. The Balaban J connectivity index is 2.28. The molecule has 1 aromatic rings. The molecule has 2 rings (SSSR count). The first kappa shape index (κ1) is 14.6. The van der Waals surface area contributed by atoms with Crippen LogP contribution in [-0.2, 0) is 6.42 Å². The van der Waals surface area contributed by atoms with E-state index in [-0.39, 0.29) is 5.54 Å². The Bertz CT molecular complexity index is 445. The summed E-state index contributed by atoms with van der Waals surface area (Å²) in [6.45, 7) is 8.37. The summed E-state index contributed by atoms with van der Waals surface area (Å²) in [4.78, 5) is 4.85. The Kier molecular flexibility index (Phi) is 4.39. The van der Waals surface area contributed by atoms with Crippen molar-refractivity contribution in [1.29, 1.82) is 0 Å². The van der Waals surface area contributed by atoms with Crippen LogP contribution in [0, 0.1) is 0 Å². The molecule has 0 saturated carbocycles. The number of nitrogens with zero attached hydrogens (tertiary/aromatic N) is 2. The summed E-state index contributed by atoms with van der Waals surface area (Å²) in [5, 5.41) is 0.799. The lowest BCUT2D eigenvalue weighted by atomic mass is 9.98. The summed E-state index contributed by atoms with van der Waals surface area (Å²) in [6, 6.07) is 6.14. The van der Waals surface area contributed by atoms with Crippen LogP contribution in [0.15, 0.2) is 18.2 Å². The van der Waals surface area contributed by atoms with Crippen molar-refractivity contribution in [3.8, 4) is 0 Å². The molecular weight excluding hydrogens is 258 g/mol. The molecular formula is C15H24ClN3. The standard InChI is InChI=1S/C15H24ClN3/c1-15(2)11-19(9-8-18(15)3)14-10-13(16)5-4-12(14)6-7-17/h4-5,10H,6-9,11,17H2,1-3H3. The van der Waals surface area contributed by atoms with Crippen LogP contribution in [0.4, 0.5) is 5.69 Å². The third-order valence-electron chi connectivity index (χ3n) is 4.12. The van der Waals surface area contributed by atoms with E-state index in [0.717, 1.165) is 31.1 Å². The molecule has 0 amide bonds. The maximum atomic E-state index is 6.17. The van der Waals surface area contributed by atoms with Gasteiger partial charge in [-0.25, -0.2) is 0 Å². The van der Waals surface area contributed by atoms with Crippen molar-refractivity contribution in [2.75, 3.05) is 38.1 Å². The maximum absolute atomic E-state index is 6.17. The van der Waals surface area contributed by atoms with Crippen LogP contribution in [0.25, 0.3) is 0 Å². The summed E-state index contributed by atoms with van der Waals surface area (Å²) < 4.78 is 0. The number of benzene rings is 1. The van der Waals surface area contributed by atoms with Crippen molar-refractivity contribution in [2.24, 2.45) is 5.73 Å². The van der Waals surface area contributed by atoms with Crippen molar-refractivity contribution in [3.05, 3.63) is 28.8 Å². The average Bonchev–Trinajstić information content (AvgIpc) is 2.35. The first-order valence-corrected chi connectivity index (χ1v) is 7.26. The lowest BCUT2D eigenvalue weighted by Gasteiger charge is -2.46. The fraction of sp³-hybridized carbons (Fsp3) is 0.600. The molecule has 0 unspecified atom stereocenters. The predicted octanol–water partition coefficient (Wildman–Crippen LogP) is 2.37. The predicted molar refractivity (Wildman–Crippen MR) is 83.1 cm³/mol. The van der Waals surface area contributed by atoms with Crippen molar-refractivity contribution < 1.29 is 0 Å². The molecule has 0 radical (unpaired) electrons. The van der Waals surface area contributed by atoms with Gasteiger partial charge in [0.05, 0.1) is 0 Å². The normalized spacial score (nSPS) is 19.7. The number of halogens is 1. The molecule has 1 heterocycles. The SMILES string of the molecule is CN1CCN(c2cc(Cl)ccc2CCN)CC1(C)C. The first-order chi connectivity index (χ1) is 8.94. The van der Waals surface area contributed by atoms with E-state index in [0.29, 0.717) is 6.54 Å². The molecule has 0 spiro atoms. The number of piperazine rings is 1. The topological polar surface area (TPSA) is 32.5 Å². The number of rotatable bonds is 3. The zero-order valence-electron chi connectivity index (χ0n) is 12.1. The highest BCUT2D eigenvalue weighted by molar-refractivity contribution is 6.30. The van der Waals surface area contributed by atoms with E-state index in [2.05, 4.69) is 42.8 Å². The molecule has 1 aromatic carbocycles. The van der Waals surface area contributed by atoms with Gasteiger partial charge in [-0.15, -0.1) is 0 Å². The summed E-state index contributed by atoms with van der Waals surface area (Å²) >= 11 is 6.17. The molecule has 0 aromatic heterocycles. The van der Waals surface area contributed by atoms with Crippen LogP contribution in [0.5, 0.6) is 0 Å². The van der Waals surface area contributed by atoms with Crippen LogP contribution in [-0.4, -0.2) is 43.7 Å². The third kappa shape index (κ3) is 3.22. The van der Waals surface area contributed by atoms with Crippen LogP contribution in [0.2, 0.25) is 5.02 Å². The average molecular weight is 282 g/mol. The number of hydrogen-bond donors (Lipinski definition) is 1. The molecule has 0 bridgehead atoms. The van der Waals surface area contributed by atoms with Gasteiger partial charge < -0.3 is 10.6 Å². The largest absolute Gasteiger partial charge is 0.368 e. The highest BCUT2D eigenvalue weighted by Crippen LogP contribution is 2.29. The lowest BCUT2D eigenvalue weighted by Crippen LogP contribution is -2.57. The van der Waals surface area contributed by atoms with Gasteiger partial charge in [0.2, 0.25) is 0 Å². The Morgan fingerprint density at radius 1 is 1.32 bits per heavy atom.